The molecule has 2 heterocycles. The second-order valence-electron chi connectivity index (χ2n) is 8.19. The van der Waals surface area contributed by atoms with Crippen LogP contribution in [0.2, 0.25) is 5.02 Å². The van der Waals surface area contributed by atoms with Gasteiger partial charge in [-0.1, -0.05) is 27.5 Å². The molecule has 0 unspecified atom stereocenters. The van der Waals surface area contributed by atoms with Crippen LogP contribution in [0.3, 0.4) is 0 Å². The first-order valence-electron chi connectivity index (χ1n) is 10.8. The number of halogens is 2. The van der Waals surface area contributed by atoms with Crippen molar-refractivity contribution in [2.45, 2.75) is 27.7 Å². The molecular weight excluding hydrogens is 536 g/mol. The predicted octanol–water partition coefficient (Wildman–Crippen LogP) is 7.24. The molecule has 4 rings (SSSR count). The van der Waals surface area contributed by atoms with Gasteiger partial charge in [0.15, 0.2) is 0 Å². The summed E-state index contributed by atoms with van der Waals surface area (Å²) in [6.45, 7) is 8.60. The number of ether oxygens (including phenoxy) is 1. The fourth-order valence-electron chi connectivity index (χ4n) is 4.00. The van der Waals surface area contributed by atoms with Gasteiger partial charge in [-0.15, -0.1) is 0 Å². The van der Waals surface area contributed by atoms with Crippen molar-refractivity contribution < 1.29 is 14.3 Å². The van der Waals surface area contributed by atoms with Crippen molar-refractivity contribution in [3.8, 4) is 11.4 Å². The van der Waals surface area contributed by atoms with Gasteiger partial charge in [0.05, 0.1) is 11.4 Å². The molecule has 0 saturated carbocycles. The Balaban J connectivity index is 1.52. The SMILES string of the molecule is Cc1cc(-n2c(C)cc(/C=C3\SC(=O)N(CCOc4ccc(Cl)cc4)C3=O)c2C)cc(C)c1Br. The lowest BCUT2D eigenvalue weighted by atomic mass is 10.1. The summed E-state index contributed by atoms with van der Waals surface area (Å²) in [6.07, 6.45) is 1.81. The molecule has 176 valence electrons. The van der Waals surface area contributed by atoms with Crippen LogP contribution in [0.1, 0.15) is 28.1 Å². The van der Waals surface area contributed by atoms with Gasteiger partial charge in [0.25, 0.3) is 11.1 Å². The summed E-state index contributed by atoms with van der Waals surface area (Å²) in [7, 11) is 0. The highest BCUT2D eigenvalue weighted by atomic mass is 79.9. The molecule has 1 aliphatic heterocycles. The third kappa shape index (κ3) is 4.97. The van der Waals surface area contributed by atoms with E-state index in [0.717, 1.165) is 50.0 Å². The highest BCUT2D eigenvalue weighted by molar-refractivity contribution is 9.10. The minimum Gasteiger partial charge on any atom is -0.492 e. The van der Waals surface area contributed by atoms with Crippen molar-refractivity contribution >= 4 is 56.5 Å². The molecule has 34 heavy (non-hydrogen) atoms. The number of imide groups is 1. The molecule has 2 aromatic carbocycles. The minimum absolute atomic E-state index is 0.182. The Morgan fingerprint density at radius 3 is 2.32 bits per heavy atom. The Kier molecular flexibility index (Phi) is 7.26. The molecule has 1 fully saturated rings. The molecule has 0 radical (unpaired) electrons. The Morgan fingerprint density at radius 1 is 1.03 bits per heavy atom. The Bertz CT molecular complexity index is 1290. The summed E-state index contributed by atoms with van der Waals surface area (Å²) in [6, 6.07) is 13.3. The van der Waals surface area contributed by atoms with Gasteiger partial charge in [-0.05, 0) is 105 Å². The van der Waals surface area contributed by atoms with E-state index in [4.69, 9.17) is 16.3 Å². The first kappa shape index (κ1) is 24.6. The number of aromatic nitrogens is 1. The van der Waals surface area contributed by atoms with Crippen LogP contribution in [-0.4, -0.2) is 33.8 Å². The summed E-state index contributed by atoms with van der Waals surface area (Å²) < 4.78 is 8.92. The van der Waals surface area contributed by atoms with Crippen LogP contribution in [0.4, 0.5) is 4.79 Å². The van der Waals surface area contributed by atoms with E-state index in [1.807, 2.05) is 26.0 Å². The largest absolute Gasteiger partial charge is 0.492 e. The van der Waals surface area contributed by atoms with Crippen LogP contribution in [0.25, 0.3) is 11.8 Å². The maximum absolute atomic E-state index is 12.9. The summed E-state index contributed by atoms with van der Waals surface area (Å²) in [5.41, 5.74) is 6.37. The smallest absolute Gasteiger partial charge is 0.293 e. The van der Waals surface area contributed by atoms with E-state index in [9.17, 15) is 9.59 Å². The highest BCUT2D eigenvalue weighted by Crippen LogP contribution is 2.34. The van der Waals surface area contributed by atoms with Crippen molar-refractivity contribution in [3.05, 3.63) is 84.9 Å². The number of rotatable bonds is 6. The number of nitrogens with zero attached hydrogens (tertiary/aromatic N) is 2. The molecule has 2 amide bonds. The van der Waals surface area contributed by atoms with Crippen molar-refractivity contribution in [2.75, 3.05) is 13.2 Å². The monoisotopic (exact) mass is 558 g/mol. The van der Waals surface area contributed by atoms with E-state index in [-0.39, 0.29) is 24.3 Å². The molecule has 0 atom stereocenters. The topological polar surface area (TPSA) is 51.5 Å². The second kappa shape index (κ2) is 10.0. The molecule has 1 aliphatic rings. The van der Waals surface area contributed by atoms with Gasteiger partial charge in [-0.2, -0.15) is 0 Å². The quantitative estimate of drug-likeness (QED) is 0.299. The Morgan fingerprint density at radius 2 is 1.68 bits per heavy atom. The molecule has 3 aromatic rings. The maximum Gasteiger partial charge on any atom is 0.293 e. The van der Waals surface area contributed by atoms with Crippen LogP contribution in [-0.2, 0) is 4.79 Å². The van der Waals surface area contributed by atoms with Gasteiger partial charge in [-0.3, -0.25) is 14.5 Å². The first-order chi connectivity index (χ1) is 16.2. The van der Waals surface area contributed by atoms with Gasteiger partial charge in [-0.25, -0.2) is 0 Å². The molecule has 0 bridgehead atoms. The van der Waals surface area contributed by atoms with Crippen molar-refractivity contribution in [1.82, 2.24) is 9.47 Å². The van der Waals surface area contributed by atoms with Gasteiger partial charge in [0, 0.05) is 26.6 Å². The minimum atomic E-state index is -0.296. The van der Waals surface area contributed by atoms with Crippen LogP contribution in [0, 0.1) is 27.7 Å². The third-order valence-electron chi connectivity index (χ3n) is 5.71. The number of carbonyl (C=O) groups is 2. The lowest BCUT2D eigenvalue weighted by molar-refractivity contribution is -0.123. The van der Waals surface area contributed by atoms with Crippen molar-refractivity contribution in [2.24, 2.45) is 0 Å². The maximum atomic E-state index is 12.9. The van der Waals surface area contributed by atoms with Gasteiger partial charge in [0.2, 0.25) is 0 Å². The fourth-order valence-corrected chi connectivity index (χ4v) is 5.21. The lowest BCUT2D eigenvalue weighted by Crippen LogP contribution is -2.32. The van der Waals surface area contributed by atoms with E-state index in [2.05, 4.69) is 46.5 Å². The Hall–Kier alpha value is -2.48. The van der Waals surface area contributed by atoms with Crippen molar-refractivity contribution in [3.63, 3.8) is 0 Å². The summed E-state index contributed by atoms with van der Waals surface area (Å²) in [5, 5.41) is 0.331. The molecule has 8 heteroatoms. The summed E-state index contributed by atoms with van der Waals surface area (Å²) in [4.78, 5) is 27.1. The predicted molar refractivity (Wildman–Crippen MR) is 142 cm³/mol. The average Bonchev–Trinajstić information content (AvgIpc) is 3.22. The van der Waals surface area contributed by atoms with Crippen LogP contribution >= 0.6 is 39.3 Å². The van der Waals surface area contributed by atoms with Crippen molar-refractivity contribution in [1.29, 1.82) is 0 Å². The summed E-state index contributed by atoms with van der Waals surface area (Å²) in [5.74, 6) is 0.340. The second-order valence-corrected chi connectivity index (χ2v) is 10.4. The highest BCUT2D eigenvalue weighted by Gasteiger charge is 2.35. The number of thioether (sulfide) groups is 1. The molecule has 0 aliphatic carbocycles. The van der Waals surface area contributed by atoms with Gasteiger partial charge in [0.1, 0.15) is 12.4 Å². The zero-order chi connectivity index (χ0) is 24.6. The van der Waals surface area contributed by atoms with E-state index in [1.165, 1.54) is 4.90 Å². The number of carbonyl (C=O) groups excluding carboxylic acids is 2. The number of amides is 2. The summed E-state index contributed by atoms with van der Waals surface area (Å²) >= 11 is 10.5. The molecular formula is C26H24BrClN2O3S. The van der Waals surface area contributed by atoms with Gasteiger partial charge < -0.3 is 9.30 Å². The van der Waals surface area contributed by atoms with E-state index in [0.29, 0.717) is 15.7 Å². The van der Waals surface area contributed by atoms with E-state index >= 15 is 0 Å². The lowest BCUT2D eigenvalue weighted by Gasteiger charge is -2.13. The molecule has 0 spiro atoms. The molecule has 0 N–H and O–H groups in total. The average molecular weight is 560 g/mol. The normalized spacial score (nSPS) is 15.0. The Labute approximate surface area is 216 Å². The number of aryl methyl sites for hydroxylation is 3. The van der Waals surface area contributed by atoms with E-state index in [1.54, 1.807) is 24.3 Å². The zero-order valence-electron chi connectivity index (χ0n) is 19.3. The number of hydrogen-bond donors (Lipinski definition) is 0. The van der Waals surface area contributed by atoms with Crippen LogP contribution in [0.15, 0.2) is 51.8 Å². The zero-order valence-corrected chi connectivity index (χ0v) is 22.5. The fraction of sp³-hybridized carbons (Fsp3) is 0.231. The van der Waals surface area contributed by atoms with Crippen LogP contribution < -0.4 is 4.74 Å². The number of benzene rings is 2. The molecule has 1 saturated heterocycles. The number of hydrogen-bond acceptors (Lipinski definition) is 4. The third-order valence-corrected chi connectivity index (χ3v) is 8.12. The molecule has 1 aromatic heterocycles. The molecule has 5 nitrogen and oxygen atoms in total. The van der Waals surface area contributed by atoms with Gasteiger partial charge >= 0.3 is 0 Å². The first-order valence-corrected chi connectivity index (χ1v) is 12.7. The standard InChI is InChI=1S/C26H24BrClN2O3S/c1-15-11-21(12-16(2)24(15)27)30-17(3)13-19(18(30)4)14-23-25(31)29(26(32)34-23)9-10-33-22-7-5-20(28)6-8-22/h5-8,11-14H,9-10H2,1-4H3/b23-14-. The van der Waals surface area contributed by atoms with Crippen LogP contribution in [0.5, 0.6) is 5.75 Å². The van der Waals surface area contributed by atoms with E-state index < -0.39 is 0 Å².